The highest BCUT2D eigenvalue weighted by Crippen LogP contribution is 2.27. The van der Waals surface area contributed by atoms with Crippen LogP contribution in [0.25, 0.3) is 0 Å². The van der Waals surface area contributed by atoms with E-state index in [9.17, 15) is 13.2 Å². The number of amides is 1. The lowest BCUT2D eigenvalue weighted by Gasteiger charge is -2.17. The van der Waals surface area contributed by atoms with E-state index in [1.54, 1.807) is 10.9 Å². The summed E-state index contributed by atoms with van der Waals surface area (Å²) >= 11 is 0. The minimum Gasteiger partial charge on any atom is -0.355 e. The van der Waals surface area contributed by atoms with Crippen molar-refractivity contribution in [3.05, 3.63) is 53.9 Å². The highest BCUT2D eigenvalue weighted by Gasteiger charge is 2.34. The Bertz CT molecular complexity index is 872. The van der Waals surface area contributed by atoms with E-state index in [0.29, 0.717) is 13.1 Å². The zero-order valence-electron chi connectivity index (χ0n) is 15.7. The molecule has 0 spiro atoms. The Morgan fingerprint density at radius 1 is 1.29 bits per heavy atom. The van der Waals surface area contributed by atoms with Crippen LogP contribution in [0.2, 0.25) is 0 Å². The van der Waals surface area contributed by atoms with Gasteiger partial charge in [0, 0.05) is 45.3 Å². The highest BCUT2D eigenvalue weighted by atomic mass is 35.5. The molecule has 1 aliphatic rings. The predicted molar refractivity (Wildman–Crippen MR) is 110 cm³/mol. The molecule has 2 heterocycles. The molecule has 1 aliphatic heterocycles. The fourth-order valence-corrected chi connectivity index (χ4v) is 4.14. The summed E-state index contributed by atoms with van der Waals surface area (Å²) < 4.78 is 28.5. The van der Waals surface area contributed by atoms with Crippen LogP contribution in [0.5, 0.6) is 0 Å². The number of carbonyl (C=O) groups is 1. The Hall–Kier alpha value is -1.94. The zero-order chi connectivity index (χ0) is 19.3. The first kappa shape index (κ1) is 22.4. The number of hydrogen-bond acceptors (Lipinski definition) is 5. The van der Waals surface area contributed by atoms with Gasteiger partial charge in [-0.3, -0.25) is 9.48 Å². The second-order valence-corrected chi connectivity index (χ2v) is 8.66. The van der Waals surface area contributed by atoms with E-state index in [0.717, 1.165) is 11.1 Å². The van der Waals surface area contributed by atoms with Crippen molar-refractivity contribution in [1.29, 1.82) is 0 Å². The highest BCUT2D eigenvalue weighted by molar-refractivity contribution is 7.89. The lowest BCUT2D eigenvalue weighted by molar-refractivity contribution is -0.124. The molecule has 2 aromatic rings. The molecule has 1 fully saturated rings. The number of nitrogens with zero attached hydrogens (tertiary/aromatic N) is 2. The number of aromatic nitrogens is 2. The molecule has 1 saturated heterocycles. The topological polar surface area (TPSA) is 105 Å². The van der Waals surface area contributed by atoms with Crippen LogP contribution in [0.4, 0.5) is 0 Å². The lowest BCUT2D eigenvalue weighted by atomic mass is 9.90. The van der Waals surface area contributed by atoms with E-state index >= 15 is 0 Å². The first-order valence-electron chi connectivity index (χ1n) is 8.93. The molecule has 0 radical (unpaired) electrons. The third-order valence-corrected chi connectivity index (χ3v) is 6.04. The summed E-state index contributed by atoms with van der Waals surface area (Å²) in [4.78, 5) is 12.5. The molecular weight excluding hydrogens is 402 g/mol. The quantitative estimate of drug-likeness (QED) is 0.565. The smallest absolute Gasteiger partial charge is 0.225 e. The lowest BCUT2D eigenvalue weighted by Crippen LogP contribution is -2.38. The Morgan fingerprint density at radius 2 is 2.04 bits per heavy atom. The molecule has 0 bridgehead atoms. The molecule has 0 saturated carbocycles. The van der Waals surface area contributed by atoms with Crippen molar-refractivity contribution in [3.8, 4) is 0 Å². The van der Waals surface area contributed by atoms with Gasteiger partial charge < -0.3 is 10.6 Å². The van der Waals surface area contributed by atoms with Crippen LogP contribution in [0.1, 0.15) is 17.0 Å². The summed E-state index contributed by atoms with van der Waals surface area (Å²) in [5, 5.41) is 10.2. The molecule has 8 nitrogen and oxygen atoms in total. The number of nitrogens with one attached hydrogen (secondary N) is 3. The predicted octanol–water partition coefficient (Wildman–Crippen LogP) is 0.381. The van der Waals surface area contributed by atoms with Gasteiger partial charge >= 0.3 is 0 Å². The normalized spacial score (nSPS) is 19.2. The fraction of sp³-hybridized carbons (Fsp3) is 0.444. The number of carbonyl (C=O) groups excluding carboxylic acids is 1. The number of rotatable bonds is 8. The largest absolute Gasteiger partial charge is 0.355 e. The Kier molecular flexibility index (Phi) is 7.99. The fourth-order valence-electron chi connectivity index (χ4n) is 3.24. The van der Waals surface area contributed by atoms with Gasteiger partial charge in [0.2, 0.25) is 15.9 Å². The van der Waals surface area contributed by atoms with Crippen molar-refractivity contribution in [3.63, 3.8) is 0 Å². The van der Waals surface area contributed by atoms with Crippen LogP contribution in [0.15, 0.2) is 42.7 Å². The molecule has 2 atom stereocenters. The van der Waals surface area contributed by atoms with Crippen LogP contribution < -0.4 is 15.4 Å². The van der Waals surface area contributed by atoms with Crippen molar-refractivity contribution in [1.82, 2.24) is 25.1 Å². The average molecular weight is 428 g/mol. The van der Waals surface area contributed by atoms with Gasteiger partial charge in [-0.1, -0.05) is 30.3 Å². The van der Waals surface area contributed by atoms with Crippen LogP contribution in [0.3, 0.4) is 0 Å². The molecule has 0 aliphatic carbocycles. The second-order valence-electron chi connectivity index (χ2n) is 6.74. The number of sulfonamides is 1. The third-order valence-electron chi connectivity index (χ3n) is 4.71. The molecular formula is C18H26ClN5O3S. The van der Waals surface area contributed by atoms with Crippen LogP contribution in [-0.4, -0.2) is 49.5 Å². The first-order chi connectivity index (χ1) is 12.9. The standard InChI is InChI=1S/C18H25N5O3S.ClH/c1-23-13-15(10-21-23)16-11-19-12-17(16)18(24)20-7-8-27(25,26)22-9-14-5-3-2-4-6-14;/h2-6,10,13,16-17,19,22H,7-9,11-12H2,1H3,(H,20,24);1H/t16-,17+;/m1./s1. The molecule has 1 amide bonds. The van der Waals surface area contributed by atoms with Crippen LogP contribution in [0, 0.1) is 5.92 Å². The van der Waals surface area contributed by atoms with Gasteiger partial charge in [0.25, 0.3) is 0 Å². The van der Waals surface area contributed by atoms with Crippen LogP contribution in [-0.2, 0) is 28.4 Å². The summed E-state index contributed by atoms with van der Waals surface area (Å²) in [7, 11) is -1.61. The summed E-state index contributed by atoms with van der Waals surface area (Å²) in [5.74, 6) is -0.462. The van der Waals surface area contributed by atoms with Crippen molar-refractivity contribution >= 4 is 28.3 Å². The molecule has 1 aromatic carbocycles. The van der Waals surface area contributed by atoms with Gasteiger partial charge in [-0.25, -0.2) is 13.1 Å². The molecule has 154 valence electrons. The van der Waals surface area contributed by atoms with Gasteiger partial charge in [0.05, 0.1) is 17.9 Å². The summed E-state index contributed by atoms with van der Waals surface area (Å²) in [6.07, 6.45) is 3.69. The maximum atomic E-state index is 12.5. The number of hydrogen-bond donors (Lipinski definition) is 3. The number of halogens is 1. The second kappa shape index (κ2) is 10.0. The molecule has 10 heteroatoms. The zero-order valence-corrected chi connectivity index (χ0v) is 17.3. The van der Waals surface area contributed by atoms with Gasteiger partial charge in [-0.15, -0.1) is 12.4 Å². The minimum atomic E-state index is -3.45. The van der Waals surface area contributed by atoms with Crippen molar-refractivity contribution in [2.24, 2.45) is 13.0 Å². The maximum Gasteiger partial charge on any atom is 0.225 e. The molecule has 0 unspecified atom stereocenters. The molecule has 3 rings (SSSR count). The molecule has 1 aromatic heterocycles. The Balaban J connectivity index is 0.00000280. The van der Waals surface area contributed by atoms with Gasteiger partial charge in [-0.2, -0.15) is 5.10 Å². The monoisotopic (exact) mass is 427 g/mol. The van der Waals surface area contributed by atoms with Gasteiger partial charge in [-0.05, 0) is 11.1 Å². The summed E-state index contributed by atoms with van der Waals surface area (Å²) in [6.45, 7) is 1.61. The number of benzene rings is 1. The van der Waals surface area contributed by atoms with Gasteiger partial charge in [0.1, 0.15) is 0 Å². The van der Waals surface area contributed by atoms with Gasteiger partial charge in [0.15, 0.2) is 0 Å². The summed E-state index contributed by atoms with van der Waals surface area (Å²) in [6, 6.07) is 9.31. The Morgan fingerprint density at radius 3 is 2.71 bits per heavy atom. The van der Waals surface area contributed by atoms with Crippen molar-refractivity contribution in [2.75, 3.05) is 25.4 Å². The average Bonchev–Trinajstić information content (AvgIpc) is 3.29. The third kappa shape index (κ3) is 6.03. The minimum absolute atomic E-state index is 0. The van der Waals surface area contributed by atoms with E-state index in [-0.39, 0.29) is 49.0 Å². The van der Waals surface area contributed by atoms with E-state index in [4.69, 9.17) is 0 Å². The SMILES string of the molecule is Cl.Cn1cc([C@H]2CNC[C@@H]2C(=O)NCCS(=O)(=O)NCc2ccccc2)cn1. The Labute approximate surface area is 171 Å². The first-order valence-corrected chi connectivity index (χ1v) is 10.6. The van der Waals surface area contributed by atoms with Crippen molar-refractivity contribution < 1.29 is 13.2 Å². The number of aryl methyl sites for hydroxylation is 1. The molecule has 3 N–H and O–H groups in total. The van der Waals surface area contributed by atoms with E-state index in [1.807, 2.05) is 43.6 Å². The molecule has 28 heavy (non-hydrogen) atoms. The summed E-state index contributed by atoms with van der Waals surface area (Å²) in [5.41, 5.74) is 1.90. The van der Waals surface area contributed by atoms with E-state index in [2.05, 4.69) is 20.5 Å². The van der Waals surface area contributed by atoms with Crippen molar-refractivity contribution in [2.45, 2.75) is 12.5 Å². The van der Waals surface area contributed by atoms with Crippen LogP contribution >= 0.6 is 12.4 Å². The van der Waals surface area contributed by atoms with E-state index in [1.165, 1.54) is 0 Å². The van der Waals surface area contributed by atoms with E-state index < -0.39 is 10.0 Å². The maximum absolute atomic E-state index is 12.5.